The summed E-state index contributed by atoms with van der Waals surface area (Å²) in [6, 6.07) is 5.45. The molecule has 1 aromatic carbocycles. The van der Waals surface area contributed by atoms with Crippen LogP contribution < -0.4 is 10.2 Å². The summed E-state index contributed by atoms with van der Waals surface area (Å²) in [5.41, 5.74) is 1.14. The Morgan fingerprint density at radius 1 is 1.55 bits per heavy atom. The standard InChI is InChI=1S/C13H16N4O3/c1-14-9-3-2-6-16(8-9)13-15-11-7-10(17(18)19)4-5-12(11)20-13/h4-5,7,9,14H,2-3,6,8H2,1H3/t9-/m0/s1. The summed E-state index contributed by atoms with van der Waals surface area (Å²) in [7, 11) is 1.95. The number of nitro groups is 1. The molecule has 7 nitrogen and oxygen atoms in total. The minimum atomic E-state index is -0.425. The molecule has 1 fully saturated rings. The first-order chi connectivity index (χ1) is 9.67. The molecule has 2 heterocycles. The Hall–Kier alpha value is -2.15. The van der Waals surface area contributed by atoms with Crippen molar-refractivity contribution in [2.24, 2.45) is 0 Å². The number of anilines is 1. The second-order valence-electron chi connectivity index (χ2n) is 4.98. The molecule has 0 bridgehead atoms. The molecule has 1 aliphatic rings. The van der Waals surface area contributed by atoms with E-state index in [1.165, 1.54) is 12.1 Å². The maximum Gasteiger partial charge on any atom is 0.298 e. The fourth-order valence-corrected chi connectivity index (χ4v) is 2.54. The van der Waals surface area contributed by atoms with E-state index in [9.17, 15) is 10.1 Å². The fraction of sp³-hybridized carbons (Fsp3) is 0.462. The van der Waals surface area contributed by atoms with E-state index in [0.717, 1.165) is 25.9 Å². The zero-order chi connectivity index (χ0) is 14.1. The number of aromatic nitrogens is 1. The van der Waals surface area contributed by atoms with E-state index >= 15 is 0 Å². The van der Waals surface area contributed by atoms with Gasteiger partial charge >= 0.3 is 0 Å². The van der Waals surface area contributed by atoms with Gasteiger partial charge in [-0.2, -0.15) is 4.98 Å². The van der Waals surface area contributed by atoms with Crippen LogP contribution in [0, 0.1) is 10.1 Å². The van der Waals surface area contributed by atoms with Crippen LogP contribution in [0.3, 0.4) is 0 Å². The molecule has 106 valence electrons. The Balaban J connectivity index is 1.90. The van der Waals surface area contributed by atoms with E-state index in [1.807, 2.05) is 7.05 Å². The Bertz CT molecular complexity index is 640. The molecule has 1 saturated heterocycles. The number of hydrogen-bond donors (Lipinski definition) is 1. The summed E-state index contributed by atoms with van der Waals surface area (Å²) < 4.78 is 5.70. The topological polar surface area (TPSA) is 84.4 Å². The summed E-state index contributed by atoms with van der Waals surface area (Å²) >= 11 is 0. The van der Waals surface area contributed by atoms with Crippen molar-refractivity contribution in [3.63, 3.8) is 0 Å². The van der Waals surface area contributed by atoms with E-state index in [2.05, 4.69) is 15.2 Å². The summed E-state index contributed by atoms with van der Waals surface area (Å²) in [6.07, 6.45) is 2.21. The van der Waals surface area contributed by atoms with Crippen LogP contribution in [-0.2, 0) is 0 Å². The van der Waals surface area contributed by atoms with E-state index in [1.54, 1.807) is 6.07 Å². The Labute approximate surface area is 115 Å². The number of likely N-dealkylation sites (N-methyl/N-ethyl adjacent to an activating group) is 1. The zero-order valence-electron chi connectivity index (χ0n) is 11.2. The molecule has 0 aliphatic carbocycles. The van der Waals surface area contributed by atoms with Gasteiger partial charge in [-0.25, -0.2) is 0 Å². The number of hydrogen-bond acceptors (Lipinski definition) is 6. The van der Waals surface area contributed by atoms with Crippen molar-refractivity contribution in [3.8, 4) is 0 Å². The molecule has 3 rings (SSSR count). The van der Waals surface area contributed by atoms with Crippen molar-refractivity contribution in [2.75, 3.05) is 25.0 Å². The number of oxazole rings is 1. The van der Waals surface area contributed by atoms with Gasteiger partial charge in [-0.1, -0.05) is 0 Å². The average Bonchev–Trinajstić information content (AvgIpc) is 2.90. The van der Waals surface area contributed by atoms with Gasteiger partial charge in [-0.15, -0.1) is 0 Å². The van der Waals surface area contributed by atoms with Gasteiger partial charge in [0.2, 0.25) is 0 Å². The van der Waals surface area contributed by atoms with Crippen molar-refractivity contribution in [3.05, 3.63) is 28.3 Å². The van der Waals surface area contributed by atoms with Crippen molar-refractivity contribution in [1.82, 2.24) is 10.3 Å². The fourth-order valence-electron chi connectivity index (χ4n) is 2.54. The molecule has 1 N–H and O–H groups in total. The molecule has 0 spiro atoms. The summed E-state index contributed by atoms with van der Waals surface area (Å²) in [5.74, 6) is 0. The highest BCUT2D eigenvalue weighted by molar-refractivity contribution is 5.77. The van der Waals surface area contributed by atoms with Crippen LogP contribution in [0.25, 0.3) is 11.1 Å². The van der Waals surface area contributed by atoms with Gasteiger partial charge in [-0.05, 0) is 26.0 Å². The number of fused-ring (bicyclic) bond motifs is 1. The van der Waals surface area contributed by atoms with Crippen LogP contribution in [-0.4, -0.2) is 36.1 Å². The lowest BCUT2D eigenvalue weighted by atomic mass is 10.1. The predicted molar refractivity (Wildman–Crippen MR) is 75.0 cm³/mol. The molecule has 0 amide bonds. The Morgan fingerprint density at radius 3 is 3.15 bits per heavy atom. The third-order valence-electron chi connectivity index (χ3n) is 3.67. The number of nitrogens with one attached hydrogen (secondary N) is 1. The molecular formula is C13H16N4O3. The van der Waals surface area contributed by atoms with Crippen molar-refractivity contribution in [1.29, 1.82) is 0 Å². The second kappa shape index (κ2) is 5.09. The molecule has 1 aliphatic heterocycles. The number of rotatable bonds is 3. The van der Waals surface area contributed by atoms with Gasteiger partial charge in [0.05, 0.1) is 4.92 Å². The highest BCUT2D eigenvalue weighted by Crippen LogP contribution is 2.27. The summed E-state index contributed by atoms with van der Waals surface area (Å²) in [6.45, 7) is 1.73. The van der Waals surface area contributed by atoms with Gasteiger partial charge in [0, 0.05) is 31.3 Å². The van der Waals surface area contributed by atoms with Crippen LogP contribution in [0.1, 0.15) is 12.8 Å². The first-order valence-corrected chi connectivity index (χ1v) is 6.64. The van der Waals surface area contributed by atoms with Crippen molar-refractivity contribution in [2.45, 2.75) is 18.9 Å². The molecule has 20 heavy (non-hydrogen) atoms. The van der Waals surface area contributed by atoms with Crippen molar-refractivity contribution >= 4 is 22.8 Å². The van der Waals surface area contributed by atoms with E-state index in [-0.39, 0.29) is 5.69 Å². The highest BCUT2D eigenvalue weighted by Gasteiger charge is 2.22. The van der Waals surface area contributed by atoms with Gasteiger partial charge in [0.25, 0.3) is 11.7 Å². The van der Waals surface area contributed by atoms with Gasteiger partial charge < -0.3 is 14.6 Å². The number of piperidine rings is 1. The maximum atomic E-state index is 10.8. The number of non-ortho nitro benzene ring substituents is 1. The summed E-state index contributed by atoms with van der Waals surface area (Å²) in [5, 5.41) is 14.0. The second-order valence-corrected chi connectivity index (χ2v) is 4.98. The lowest BCUT2D eigenvalue weighted by Crippen LogP contribution is -2.44. The number of nitro benzene ring substituents is 1. The zero-order valence-corrected chi connectivity index (χ0v) is 11.2. The van der Waals surface area contributed by atoms with E-state index in [0.29, 0.717) is 23.2 Å². The van der Waals surface area contributed by atoms with Crippen LogP contribution >= 0.6 is 0 Å². The normalized spacial score (nSPS) is 19.4. The molecule has 1 aromatic heterocycles. The first-order valence-electron chi connectivity index (χ1n) is 6.64. The van der Waals surface area contributed by atoms with Crippen molar-refractivity contribution < 1.29 is 9.34 Å². The molecule has 1 atom stereocenters. The molecule has 2 aromatic rings. The molecule has 0 saturated carbocycles. The lowest BCUT2D eigenvalue weighted by Gasteiger charge is -2.31. The Morgan fingerprint density at radius 2 is 2.40 bits per heavy atom. The van der Waals surface area contributed by atoms with Gasteiger partial charge in [0.1, 0.15) is 5.52 Å². The van der Waals surface area contributed by atoms with Crippen LogP contribution in [0.4, 0.5) is 11.7 Å². The molecule has 0 unspecified atom stereocenters. The Kier molecular flexibility index (Phi) is 3.27. The minimum absolute atomic E-state index is 0.0316. The summed E-state index contributed by atoms with van der Waals surface area (Å²) in [4.78, 5) is 16.8. The SMILES string of the molecule is CN[C@H]1CCCN(c2nc3cc([N+](=O)[O-])ccc3o2)C1. The monoisotopic (exact) mass is 276 g/mol. The predicted octanol–water partition coefficient (Wildman–Crippen LogP) is 1.92. The first kappa shape index (κ1) is 12.9. The van der Waals surface area contributed by atoms with Crippen LogP contribution in [0.5, 0.6) is 0 Å². The van der Waals surface area contributed by atoms with Crippen LogP contribution in [0.15, 0.2) is 22.6 Å². The van der Waals surface area contributed by atoms with E-state index < -0.39 is 4.92 Å². The lowest BCUT2D eigenvalue weighted by molar-refractivity contribution is -0.384. The third kappa shape index (κ3) is 2.32. The molecule has 0 radical (unpaired) electrons. The van der Waals surface area contributed by atoms with Gasteiger partial charge in [0.15, 0.2) is 5.58 Å². The molecular weight excluding hydrogens is 260 g/mol. The highest BCUT2D eigenvalue weighted by atomic mass is 16.6. The smallest absolute Gasteiger partial charge is 0.298 e. The number of nitrogens with zero attached hydrogens (tertiary/aromatic N) is 3. The van der Waals surface area contributed by atoms with E-state index in [4.69, 9.17) is 4.42 Å². The molecule has 7 heteroatoms. The quantitative estimate of drug-likeness (QED) is 0.681. The minimum Gasteiger partial charge on any atom is -0.423 e. The van der Waals surface area contributed by atoms with Gasteiger partial charge in [-0.3, -0.25) is 10.1 Å². The van der Waals surface area contributed by atoms with Crippen LogP contribution in [0.2, 0.25) is 0 Å². The largest absolute Gasteiger partial charge is 0.423 e. The average molecular weight is 276 g/mol. The third-order valence-corrected chi connectivity index (χ3v) is 3.67. The number of benzene rings is 1. The maximum absolute atomic E-state index is 10.8.